The van der Waals surface area contributed by atoms with Gasteiger partial charge in [-0.15, -0.1) is 0 Å². The molecule has 10 nitrogen and oxygen atoms in total. The zero-order valence-electron chi connectivity index (χ0n) is 19.0. The maximum Gasteiger partial charge on any atom is 0.407 e. The van der Waals surface area contributed by atoms with Crippen LogP contribution in [0.5, 0.6) is 0 Å². The Bertz CT molecular complexity index is 659. The van der Waals surface area contributed by atoms with E-state index in [4.69, 9.17) is 14.2 Å². The van der Waals surface area contributed by atoms with Crippen LogP contribution in [-0.4, -0.2) is 79.3 Å². The van der Waals surface area contributed by atoms with Crippen molar-refractivity contribution in [2.75, 3.05) is 39.1 Å². The van der Waals surface area contributed by atoms with Crippen molar-refractivity contribution in [3.63, 3.8) is 0 Å². The van der Waals surface area contributed by atoms with Gasteiger partial charge < -0.3 is 30.0 Å². The summed E-state index contributed by atoms with van der Waals surface area (Å²) in [4.78, 5) is 28.0. The fraction of sp³-hybridized carbons (Fsp3) is 0.650. The van der Waals surface area contributed by atoms with Crippen molar-refractivity contribution in [1.82, 2.24) is 20.9 Å². The average molecular weight is 491 g/mol. The average Bonchev–Trinajstić information content (AvgIpc) is 2.75. The van der Waals surface area contributed by atoms with Crippen LogP contribution in [0.25, 0.3) is 0 Å². The van der Waals surface area contributed by atoms with Crippen LogP contribution in [0.3, 0.4) is 0 Å². The Hall–Kier alpha value is -1.57. The molecule has 0 saturated carbocycles. The second-order valence-electron chi connectivity index (χ2n) is 7.45. The van der Waals surface area contributed by atoms with Crippen molar-refractivity contribution in [1.29, 1.82) is 0 Å². The largest absolute Gasteiger partial charge is 0.444 e. The number of ether oxygens (including phenoxy) is 3. The van der Waals surface area contributed by atoms with E-state index >= 15 is 0 Å². The zero-order valence-corrected chi connectivity index (χ0v) is 20.6. The van der Waals surface area contributed by atoms with E-state index in [-0.39, 0.29) is 32.1 Å². The summed E-state index contributed by atoms with van der Waals surface area (Å²) < 4.78 is 16.4. The van der Waals surface area contributed by atoms with Crippen LogP contribution in [0.15, 0.2) is 29.4 Å². The number of carbonyl (C=O) groups is 2. The number of nitrogens with one attached hydrogen (secondary N) is 3. The lowest BCUT2D eigenvalue weighted by Gasteiger charge is -2.29. The normalized spacial score (nSPS) is 13.3. The highest BCUT2D eigenvalue weighted by atomic mass is 33.1. The Kier molecular flexibility index (Phi) is 14.3. The Balaban J connectivity index is 2.18. The van der Waals surface area contributed by atoms with Gasteiger partial charge in [-0.3, -0.25) is 10.1 Å². The smallest absolute Gasteiger partial charge is 0.407 e. The van der Waals surface area contributed by atoms with Crippen LogP contribution in [0.2, 0.25) is 0 Å². The Morgan fingerprint density at radius 2 is 2.00 bits per heavy atom. The molecule has 0 fully saturated rings. The summed E-state index contributed by atoms with van der Waals surface area (Å²) in [6.45, 7) is 5.75. The maximum absolute atomic E-state index is 11.9. The summed E-state index contributed by atoms with van der Waals surface area (Å²) in [7, 11) is 4.79. The Labute approximate surface area is 197 Å². The van der Waals surface area contributed by atoms with Crippen molar-refractivity contribution in [2.45, 2.75) is 50.3 Å². The summed E-state index contributed by atoms with van der Waals surface area (Å²) in [6.07, 6.45) is -0.329. The van der Waals surface area contributed by atoms with Crippen LogP contribution in [0.1, 0.15) is 27.2 Å². The molecule has 182 valence electrons. The highest BCUT2D eigenvalue weighted by Gasteiger charge is 2.23. The molecule has 2 atom stereocenters. The molecule has 1 aromatic rings. The van der Waals surface area contributed by atoms with E-state index in [0.29, 0.717) is 6.54 Å². The van der Waals surface area contributed by atoms with Crippen molar-refractivity contribution in [2.24, 2.45) is 0 Å². The standard InChI is InChI=1S/C20H34N4O6S2/c1-20(2,3)30-18(29-16(13-25)21-4)14-28-19(27)24-10-8-15(26)22-11-12-31-32-17-7-5-6-9-23-17/h5-7,9,16,18,21,25H,8,10-14H2,1-4H3,(H,22,26)(H,24,27). The quantitative estimate of drug-likeness (QED) is 0.164. The predicted octanol–water partition coefficient (Wildman–Crippen LogP) is 1.75. The SMILES string of the molecule is CNC(CO)OC(COC(=O)NCCC(=O)NCCSSc1ccccn1)OC(C)(C)C. The van der Waals surface area contributed by atoms with Gasteiger partial charge in [-0.05, 0) is 50.7 Å². The van der Waals surface area contributed by atoms with Crippen molar-refractivity contribution in [3.8, 4) is 0 Å². The Morgan fingerprint density at radius 1 is 1.22 bits per heavy atom. The van der Waals surface area contributed by atoms with Gasteiger partial charge in [0.15, 0.2) is 6.29 Å². The number of aromatic nitrogens is 1. The fourth-order valence-corrected chi connectivity index (χ4v) is 3.96. The van der Waals surface area contributed by atoms with Gasteiger partial charge >= 0.3 is 6.09 Å². The lowest BCUT2D eigenvalue weighted by molar-refractivity contribution is -0.237. The minimum absolute atomic E-state index is 0.137. The first-order valence-electron chi connectivity index (χ1n) is 10.2. The molecular weight excluding hydrogens is 456 g/mol. The minimum atomic E-state index is -0.866. The molecule has 1 heterocycles. The summed E-state index contributed by atoms with van der Waals surface area (Å²) in [5.41, 5.74) is -0.537. The molecule has 2 unspecified atom stereocenters. The highest BCUT2D eigenvalue weighted by molar-refractivity contribution is 8.76. The van der Waals surface area contributed by atoms with Gasteiger partial charge in [0, 0.05) is 31.5 Å². The monoisotopic (exact) mass is 490 g/mol. The number of pyridine rings is 1. The van der Waals surface area contributed by atoms with Crippen LogP contribution in [0.4, 0.5) is 4.79 Å². The molecule has 1 aromatic heterocycles. The first kappa shape index (κ1) is 28.5. The van der Waals surface area contributed by atoms with Gasteiger partial charge in [0.2, 0.25) is 5.91 Å². The van der Waals surface area contributed by atoms with E-state index in [1.54, 1.807) is 34.8 Å². The van der Waals surface area contributed by atoms with E-state index in [1.165, 1.54) is 0 Å². The summed E-state index contributed by atoms with van der Waals surface area (Å²) in [5, 5.41) is 18.3. The summed E-state index contributed by atoms with van der Waals surface area (Å²) >= 11 is 0. The van der Waals surface area contributed by atoms with Gasteiger partial charge in [-0.1, -0.05) is 16.9 Å². The molecule has 0 aliphatic heterocycles. The number of aliphatic hydroxyl groups excluding tert-OH is 1. The topological polar surface area (TPSA) is 131 Å². The van der Waals surface area contributed by atoms with Crippen LogP contribution >= 0.6 is 21.6 Å². The second kappa shape index (κ2) is 16.1. The molecule has 0 bridgehead atoms. The molecule has 0 aliphatic rings. The number of amides is 2. The molecule has 2 amide bonds. The first-order chi connectivity index (χ1) is 15.2. The van der Waals surface area contributed by atoms with Gasteiger partial charge in [-0.2, -0.15) is 0 Å². The summed E-state index contributed by atoms with van der Waals surface area (Å²) in [5.74, 6) is 0.574. The molecule has 0 aromatic carbocycles. The molecule has 0 aliphatic carbocycles. The highest BCUT2D eigenvalue weighted by Crippen LogP contribution is 2.28. The molecule has 0 spiro atoms. The predicted molar refractivity (Wildman–Crippen MR) is 125 cm³/mol. The van der Waals surface area contributed by atoms with Crippen molar-refractivity contribution in [3.05, 3.63) is 24.4 Å². The number of hydrogen-bond acceptors (Lipinski definition) is 10. The van der Waals surface area contributed by atoms with E-state index in [1.807, 2.05) is 39.0 Å². The molecule has 4 N–H and O–H groups in total. The molecule has 32 heavy (non-hydrogen) atoms. The maximum atomic E-state index is 11.9. The second-order valence-corrected chi connectivity index (χ2v) is 9.89. The van der Waals surface area contributed by atoms with Crippen LogP contribution < -0.4 is 16.0 Å². The number of nitrogens with zero attached hydrogens (tertiary/aromatic N) is 1. The van der Waals surface area contributed by atoms with Crippen molar-refractivity contribution >= 4 is 33.6 Å². The van der Waals surface area contributed by atoms with E-state index in [9.17, 15) is 14.7 Å². The first-order valence-corrected chi connectivity index (χ1v) is 12.5. The van der Waals surface area contributed by atoms with Crippen LogP contribution in [-0.2, 0) is 19.0 Å². The third kappa shape index (κ3) is 14.5. The van der Waals surface area contributed by atoms with Gasteiger partial charge in [0.1, 0.15) is 17.9 Å². The van der Waals surface area contributed by atoms with E-state index in [0.717, 1.165) is 10.8 Å². The third-order valence-electron chi connectivity index (χ3n) is 3.55. The zero-order chi connectivity index (χ0) is 23.8. The van der Waals surface area contributed by atoms with Gasteiger partial charge in [0.05, 0.1) is 12.2 Å². The number of rotatable bonds is 15. The van der Waals surface area contributed by atoms with E-state index < -0.39 is 24.2 Å². The lowest BCUT2D eigenvalue weighted by atomic mass is 10.2. The van der Waals surface area contributed by atoms with Crippen molar-refractivity contribution < 1.29 is 28.9 Å². The van der Waals surface area contributed by atoms with Gasteiger partial charge in [-0.25, -0.2) is 9.78 Å². The number of hydrogen-bond donors (Lipinski definition) is 4. The number of carbonyl (C=O) groups excluding carboxylic acids is 2. The molecule has 12 heteroatoms. The number of aliphatic hydroxyl groups is 1. The summed E-state index contributed by atoms with van der Waals surface area (Å²) in [6, 6.07) is 5.71. The van der Waals surface area contributed by atoms with Gasteiger partial charge in [0.25, 0.3) is 0 Å². The number of likely N-dealkylation sites (N-methyl/N-ethyl adjacent to an activating group) is 1. The molecule has 1 rings (SSSR count). The molecule has 0 saturated heterocycles. The van der Waals surface area contributed by atoms with E-state index in [2.05, 4.69) is 20.9 Å². The third-order valence-corrected chi connectivity index (χ3v) is 5.82. The minimum Gasteiger partial charge on any atom is -0.444 e. The Morgan fingerprint density at radius 3 is 2.62 bits per heavy atom. The number of alkyl carbamates (subject to hydrolysis) is 1. The lowest BCUT2D eigenvalue weighted by Crippen LogP contribution is -2.42. The van der Waals surface area contributed by atoms with Crippen LogP contribution in [0, 0.1) is 0 Å². The molecule has 0 radical (unpaired) electrons. The fourth-order valence-electron chi connectivity index (χ4n) is 2.17. The molecular formula is C20H34N4O6S2.